The minimum absolute atomic E-state index is 0.181. The van der Waals surface area contributed by atoms with Crippen LogP contribution in [0.3, 0.4) is 0 Å². The molecule has 0 aromatic carbocycles. The van der Waals surface area contributed by atoms with E-state index < -0.39 is 0 Å². The molecule has 1 heterocycles. The fraction of sp³-hybridized carbons (Fsp3) is 0.929. The van der Waals surface area contributed by atoms with Gasteiger partial charge in [0.05, 0.1) is 12.1 Å². The highest BCUT2D eigenvalue weighted by molar-refractivity contribution is 5.76. The van der Waals surface area contributed by atoms with Crippen LogP contribution >= 0.6 is 0 Å². The zero-order valence-electron chi connectivity index (χ0n) is 11.4. The number of carbonyl (C=O) groups is 1. The second kappa shape index (κ2) is 6.53. The quantitative estimate of drug-likeness (QED) is 0.722. The Kier molecular flexibility index (Phi) is 5.01. The van der Waals surface area contributed by atoms with Crippen molar-refractivity contribution in [1.82, 2.24) is 5.32 Å². The average Bonchev–Trinajstić information content (AvgIpc) is 3.08. The van der Waals surface area contributed by atoms with Gasteiger partial charge in [-0.2, -0.15) is 0 Å². The first-order valence-electron chi connectivity index (χ1n) is 7.31. The smallest absolute Gasteiger partial charge is 0.220 e. The molecule has 104 valence electrons. The Labute approximate surface area is 110 Å². The number of nitrogens with one attached hydrogen (secondary N) is 1. The van der Waals surface area contributed by atoms with E-state index in [-0.39, 0.29) is 18.1 Å². The second-order valence-electron chi connectivity index (χ2n) is 5.86. The van der Waals surface area contributed by atoms with Crippen molar-refractivity contribution in [3.05, 3.63) is 0 Å². The first-order chi connectivity index (χ1) is 8.70. The van der Waals surface area contributed by atoms with Gasteiger partial charge in [-0.15, -0.1) is 0 Å². The summed E-state index contributed by atoms with van der Waals surface area (Å²) in [5.74, 6) is 1.42. The summed E-state index contributed by atoms with van der Waals surface area (Å²) in [5, 5.41) is 3.15. The van der Waals surface area contributed by atoms with E-state index in [0.717, 1.165) is 25.9 Å². The van der Waals surface area contributed by atoms with Crippen molar-refractivity contribution >= 4 is 5.91 Å². The van der Waals surface area contributed by atoms with Crippen molar-refractivity contribution in [3.8, 4) is 0 Å². The summed E-state index contributed by atoms with van der Waals surface area (Å²) < 4.78 is 5.72. The second-order valence-corrected chi connectivity index (χ2v) is 5.86. The van der Waals surface area contributed by atoms with E-state index in [9.17, 15) is 4.79 Å². The lowest BCUT2D eigenvalue weighted by Crippen LogP contribution is -2.41. The summed E-state index contributed by atoms with van der Waals surface area (Å²) in [4.78, 5) is 11.9. The number of rotatable bonds is 7. The SMILES string of the molecule is CC(CCN)CCC(=O)NC1CCOC1C1CC1. The predicted octanol–water partition coefficient (Wildman–Crippen LogP) is 1.44. The Morgan fingerprint density at radius 2 is 2.17 bits per heavy atom. The normalized spacial score (nSPS) is 29.2. The fourth-order valence-electron chi connectivity index (χ4n) is 2.74. The van der Waals surface area contributed by atoms with E-state index in [1.54, 1.807) is 0 Å². The number of carbonyl (C=O) groups excluding carboxylic acids is 1. The molecule has 1 aliphatic heterocycles. The number of hydrogen-bond donors (Lipinski definition) is 2. The number of ether oxygens (including phenoxy) is 1. The molecule has 3 unspecified atom stereocenters. The Hall–Kier alpha value is -0.610. The standard InChI is InChI=1S/C14H26N2O2/c1-10(6-8-15)2-5-13(17)16-12-7-9-18-14(12)11-3-4-11/h10-12,14H,2-9,15H2,1H3,(H,16,17). The van der Waals surface area contributed by atoms with Crippen molar-refractivity contribution in [2.24, 2.45) is 17.6 Å². The lowest BCUT2D eigenvalue weighted by molar-refractivity contribution is -0.122. The van der Waals surface area contributed by atoms with E-state index in [0.29, 0.717) is 24.8 Å². The molecule has 18 heavy (non-hydrogen) atoms. The van der Waals surface area contributed by atoms with Crippen molar-refractivity contribution in [2.75, 3.05) is 13.2 Å². The van der Waals surface area contributed by atoms with E-state index in [4.69, 9.17) is 10.5 Å². The molecule has 4 heteroatoms. The van der Waals surface area contributed by atoms with Crippen molar-refractivity contribution in [3.63, 3.8) is 0 Å². The van der Waals surface area contributed by atoms with Gasteiger partial charge in [-0.05, 0) is 50.5 Å². The fourth-order valence-corrected chi connectivity index (χ4v) is 2.74. The summed E-state index contributed by atoms with van der Waals surface area (Å²) in [6.45, 7) is 3.67. The van der Waals surface area contributed by atoms with Gasteiger partial charge in [-0.3, -0.25) is 4.79 Å². The maximum Gasteiger partial charge on any atom is 0.220 e. The molecule has 2 rings (SSSR count). The van der Waals surface area contributed by atoms with Crippen LogP contribution in [0.25, 0.3) is 0 Å². The summed E-state index contributed by atoms with van der Waals surface area (Å²) in [6, 6.07) is 0.259. The van der Waals surface area contributed by atoms with Gasteiger partial charge in [0.1, 0.15) is 0 Å². The molecule has 1 amide bonds. The van der Waals surface area contributed by atoms with Crippen LogP contribution in [0.4, 0.5) is 0 Å². The number of nitrogens with two attached hydrogens (primary N) is 1. The van der Waals surface area contributed by atoms with Gasteiger partial charge in [-0.1, -0.05) is 6.92 Å². The van der Waals surface area contributed by atoms with Gasteiger partial charge in [0.2, 0.25) is 5.91 Å². The third kappa shape index (κ3) is 3.95. The summed E-state index contributed by atoms with van der Waals surface area (Å²) in [5.41, 5.74) is 5.51. The molecule has 0 aromatic heterocycles. The molecule has 4 nitrogen and oxygen atoms in total. The molecule has 3 atom stereocenters. The largest absolute Gasteiger partial charge is 0.376 e. The summed E-state index contributed by atoms with van der Waals surface area (Å²) >= 11 is 0. The van der Waals surface area contributed by atoms with Crippen LogP contribution in [0.2, 0.25) is 0 Å². The van der Waals surface area contributed by atoms with E-state index in [1.165, 1.54) is 12.8 Å². The molecule has 0 spiro atoms. The molecule has 2 fully saturated rings. The third-order valence-electron chi connectivity index (χ3n) is 4.09. The maximum absolute atomic E-state index is 11.9. The molecule has 0 aromatic rings. The van der Waals surface area contributed by atoms with Crippen LogP contribution in [0.5, 0.6) is 0 Å². The van der Waals surface area contributed by atoms with Crippen LogP contribution < -0.4 is 11.1 Å². The topological polar surface area (TPSA) is 64.4 Å². The zero-order valence-corrected chi connectivity index (χ0v) is 11.4. The monoisotopic (exact) mass is 254 g/mol. The Morgan fingerprint density at radius 3 is 2.83 bits per heavy atom. The molecule has 0 bridgehead atoms. The van der Waals surface area contributed by atoms with Crippen LogP contribution in [0.15, 0.2) is 0 Å². The molecule has 0 radical (unpaired) electrons. The number of amides is 1. The molecule has 3 N–H and O–H groups in total. The molecule has 2 aliphatic rings. The molecule has 1 saturated heterocycles. The van der Waals surface area contributed by atoms with Gasteiger partial charge in [0.25, 0.3) is 0 Å². The zero-order chi connectivity index (χ0) is 13.0. The van der Waals surface area contributed by atoms with Crippen LogP contribution in [0, 0.1) is 11.8 Å². The minimum Gasteiger partial charge on any atom is -0.376 e. The average molecular weight is 254 g/mol. The van der Waals surface area contributed by atoms with Gasteiger partial charge in [-0.25, -0.2) is 0 Å². The molecular weight excluding hydrogens is 228 g/mol. The van der Waals surface area contributed by atoms with E-state index >= 15 is 0 Å². The van der Waals surface area contributed by atoms with Crippen LogP contribution in [-0.4, -0.2) is 31.2 Å². The van der Waals surface area contributed by atoms with Crippen molar-refractivity contribution < 1.29 is 9.53 Å². The van der Waals surface area contributed by atoms with Gasteiger partial charge in [0.15, 0.2) is 0 Å². The molecular formula is C14H26N2O2. The lowest BCUT2D eigenvalue weighted by Gasteiger charge is -2.20. The van der Waals surface area contributed by atoms with Crippen molar-refractivity contribution in [2.45, 2.75) is 57.6 Å². The summed E-state index contributed by atoms with van der Waals surface area (Å²) in [7, 11) is 0. The van der Waals surface area contributed by atoms with Gasteiger partial charge in [0, 0.05) is 13.0 Å². The minimum atomic E-state index is 0.181. The van der Waals surface area contributed by atoms with Gasteiger partial charge < -0.3 is 15.8 Å². The predicted molar refractivity (Wildman–Crippen MR) is 71.1 cm³/mol. The van der Waals surface area contributed by atoms with Crippen LogP contribution in [0.1, 0.15) is 45.4 Å². The first kappa shape index (κ1) is 13.8. The van der Waals surface area contributed by atoms with E-state index in [2.05, 4.69) is 12.2 Å². The highest BCUT2D eigenvalue weighted by atomic mass is 16.5. The van der Waals surface area contributed by atoms with Crippen molar-refractivity contribution in [1.29, 1.82) is 0 Å². The number of hydrogen-bond acceptors (Lipinski definition) is 3. The lowest BCUT2D eigenvalue weighted by atomic mass is 10.0. The Bertz CT molecular complexity index is 279. The Morgan fingerprint density at radius 1 is 1.39 bits per heavy atom. The van der Waals surface area contributed by atoms with Crippen LogP contribution in [-0.2, 0) is 9.53 Å². The van der Waals surface area contributed by atoms with E-state index in [1.807, 2.05) is 0 Å². The first-order valence-corrected chi connectivity index (χ1v) is 7.31. The maximum atomic E-state index is 11.9. The molecule has 1 aliphatic carbocycles. The Balaban J connectivity index is 1.67. The molecule has 1 saturated carbocycles. The highest BCUT2D eigenvalue weighted by Gasteiger charge is 2.41. The third-order valence-corrected chi connectivity index (χ3v) is 4.09. The summed E-state index contributed by atoms with van der Waals surface area (Å²) in [6.07, 6.45) is 6.36. The van der Waals surface area contributed by atoms with Gasteiger partial charge >= 0.3 is 0 Å². The highest BCUT2D eigenvalue weighted by Crippen LogP contribution is 2.38.